The van der Waals surface area contributed by atoms with Crippen molar-refractivity contribution >= 4 is 18.4 Å². The molecule has 0 bridgehead atoms. The Morgan fingerprint density at radius 2 is 2.14 bits per heavy atom. The monoisotopic (exact) mass is 288 g/mol. The van der Waals surface area contributed by atoms with Gasteiger partial charge in [-0.25, -0.2) is 0 Å². The molecular formula is C15H18N3O3+. The first kappa shape index (κ1) is 16.3. The first-order chi connectivity index (χ1) is 10.1. The topological polar surface area (TPSA) is 81.9 Å². The van der Waals surface area contributed by atoms with Crippen molar-refractivity contribution in [1.82, 2.24) is 5.32 Å². The van der Waals surface area contributed by atoms with E-state index in [0.717, 1.165) is 11.8 Å². The van der Waals surface area contributed by atoms with E-state index in [1.807, 2.05) is 12.1 Å². The molecule has 6 nitrogen and oxygen atoms in total. The van der Waals surface area contributed by atoms with Crippen LogP contribution in [0.1, 0.15) is 12.5 Å². The van der Waals surface area contributed by atoms with Crippen LogP contribution >= 0.6 is 0 Å². The van der Waals surface area contributed by atoms with Crippen LogP contribution in [0.4, 0.5) is 0 Å². The summed E-state index contributed by atoms with van der Waals surface area (Å²) in [6, 6.07) is 6.55. The van der Waals surface area contributed by atoms with Gasteiger partial charge in [0.15, 0.2) is 0 Å². The molecule has 0 aliphatic carbocycles. The van der Waals surface area contributed by atoms with Crippen molar-refractivity contribution in [2.75, 3.05) is 7.05 Å². The summed E-state index contributed by atoms with van der Waals surface area (Å²) in [5, 5.41) is 5.95. The molecule has 1 aromatic rings. The molecule has 0 radical (unpaired) electrons. The molecule has 1 atom stereocenters. The zero-order chi connectivity index (χ0) is 15.7. The Labute approximate surface area is 123 Å². The Bertz CT molecular complexity index is 572. The number of nitrogens with one attached hydrogen (secondary N) is 1. The van der Waals surface area contributed by atoms with Crippen LogP contribution in [0.2, 0.25) is 0 Å². The molecule has 1 amide bonds. The lowest BCUT2D eigenvalue weighted by Crippen LogP contribution is -2.38. The smallest absolute Gasteiger partial charge is 0.375 e. The number of ketones is 1. The van der Waals surface area contributed by atoms with Crippen LogP contribution in [-0.2, 0) is 16.0 Å². The molecule has 0 unspecified atom stereocenters. The normalized spacial score (nSPS) is 10.8. The van der Waals surface area contributed by atoms with Crippen molar-refractivity contribution in [3.63, 3.8) is 0 Å². The Morgan fingerprint density at radius 3 is 2.67 bits per heavy atom. The van der Waals surface area contributed by atoms with Crippen molar-refractivity contribution in [3.8, 4) is 5.75 Å². The Kier molecular flexibility index (Phi) is 6.57. The molecule has 0 aliphatic heterocycles. The van der Waals surface area contributed by atoms with Gasteiger partial charge < -0.3 is 10.1 Å². The predicted molar refractivity (Wildman–Crippen MR) is 78.3 cm³/mol. The van der Waals surface area contributed by atoms with Crippen LogP contribution in [0.3, 0.4) is 0 Å². The molecule has 1 aromatic carbocycles. The standard InChI is InChI=1S/C15H17N3O3/c1-11(2)21-13-6-4-12(5-7-13)8-14(17-10-19)15(20)9-18-16-3/h4-7,9-10,14H,1,8H2,2-3H3/p+1/t14-/m0/s1. The van der Waals surface area contributed by atoms with E-state index in [9.17, 15) is 9.59 Å². The third-order valence-electron chi connectivity index (χ3n) is 2.57. The van der Waals surface area contributed by atoms with Crippen molar-refractivity contribution < 1.29 is 19.1 Å². The van der Waals surface area contributed by atoms with Gasteiger partial charge in [0, 0.05) is 6.42 Å². The largest absolute Gasteiger partial charge is 0.463 e. The number of ether oxygens (including phenoxy) is 1. The van der Waals surface area contributed by atoms with Crippen LogP contribution in [0.25, 0.3) is 0 Å². The SMILES string of the molecule is C=C(C)Oc1ccc(C[C@H](NC=O)C(=O)C=[N+]=NC)cc1. The first-order valence-electron chi connectivity index (χ1n) is 6.34. The van der Waals surface area contributed by atoms with E-state index < -0.39 is 6.04 Å². The molecule has 0 aliphatic rings. The third kappa shape index (κ3) is 5.84. The number of allylic oxidation sites excluding steroid dienone is 1. The maximum atomic E-state index is 11.8. The van der Waals surface area contributed by atoms with Crippen molar-refractivity contribution in [2.45, 2.75) is 19.4 Å². The van der Waals surface area contributed by atoms with Crippen LogP contribution < -0.4 is 10.1 Å². The second-order valence-corrected chi connectivity index (χ2v) is 4.34. The summed E-state index contributed by atoms with van der Waals surface area (Å²) >= 11 is 0. The van der Waals surface area contributed by atoms with Gasteiger partial charge in [0.05, 0.1) is 15.7 Å². The molecular weight excluding hydrogens is 270 g/mol. The molecule has 0 heterocycles. The highest BCUT2D eigenvalue weighted by atomic mass is 16.5. The van der Waals surface area contributed by atoms with Gasteiger partial charge in [0.2, 0.25) is 6.41 Å². The molecule has 0 saturated heterocycles. The first-order valence-corrected chi connectivity index (χ1v) is 6.34. The third-order valence-corrected chi connectivity index (χ3v) is 2.57. The molecule has 0 spiro atoms. The van der Waals surface area contributed by atoms with Gasteiger partial charge >= 0.3 is 6.21 Å². The fourth-order valence-electron chi connectivity index (χ4n) is 1.66. The second kappa shape index (κ2) is 8.45. The molecule has 0 fully saturated rings. The second-order valence-electron chi connectivity index (χ2n) is 4.34. The van der Waals surface area contributed by atoms with Gasteiger partial charge in [0.25, 0.3) is 5.78 Å². The average molecular weight is 288 g/mol. The number of carbonyl (C=O) groups is 2. The summed E-state index contributed by atoms with van der Waals surface area (Å²) in [5.74, 6) is 0.955. The van der Waals surface area contributed by atoms with Crippen molar-refractivity contribution in [1.29, 1.82) is 0 Å². The van der Waals surface area contributed by atoms with Crippen LogP contribution in [0.15, 0.2) is 41.7 Å². The maximum Gasteiger partial charge on any atom is 0.375 e. The van der Waals surface area contributed by atoms with Crippen LogP contribution in [-0.4, -0.2) is 36.3 Å². The van der Waals surface area contributed by atoms with E-state index in [-0.39, 0.29) is 5.78 Å². The summed E-state index contributed by atoms with van der Waals surface area (Å²) in [6.45, 7) is 5.42. The van der Waals surface area contributed by atoms with E-state index in [1.165, 1.54) is 7.05 Å². The number of Topliss-reactive ketones (excluding diaryl/α,β-unsaturated/α-hetero) is 1. The Balaban J connectivity index is 2.79. The summed E-state index contributed by atoms with van der Waals surface area (Å²) in [5.41, 5.74) is 0.888. The zero-order valence-corrected chi connectivity index (χ0v) is 12.1. The summed E-state index contributed by atoms with van der Waals surface area (Å²) in [4.78, 5) is 26.0. The van der Waals surface area contributed by atoms with E-state index in [4.69, 9.17) is 4.74 Å². The van der Waals surface area contributed by atoms with Crippen molar-refractivity contribution in [2.24, 2.45) is 5.11 Å². The molecule has 0 aromatic heterocycles. The molecule has 21 heavy (non-hydrogen) atoms. The molecule has 1 rings (SSSR count). The quantitative estimate of drug-likeness (QED) is 0.256. The molecule has 0 saturated carbocycles. The number of nitrogens with zero attached hydrogens (tertiary/aromatic N) is 2. The van der Waals surface area contributed by atoms with Crippen LogP contribution in [0.5, 0.6) is 5.75 Å². The zero-order valence-electron chi connectivity index (χ0n) is 12.1. The molecule has 110 valence electrons. The van der Waals surface area contributed by atoms with Gasteiger partial charge in [-0.15, -0.1) is 0 Å². The highest BCUT2D eigenvalue weighted by Crippen LogP contribution is 2.15. The van der Waals surface area contributed by atoms with Gasteiger partial charge in [-0.05, 0) is 24.6 Å². The number of carbonyl (C=O) groups excluding carboxylic acids is 2. The van der Waals surface area contributed by atoms with Crippen molar-refractivity contribution in [3.05, 3.63) is 42.2 Å². The predicted octanol–water partition coefficient (Wildman–Crippen LogP) is 1.19. The molecule has 1 N–H and O–H groups in total. The van der Waals surface area contributed by atoms with Gasteiger partial charge in [-0.3, -0.25) is 9.59 Å². The van der Waals surface area contributed by atoms with E-state index in [0.29, 0.717) is 24.3 Å². The summed E-state index contributed by atoms with van der Waals surface area (Å²) in [6.07, 6.45) is 1.96. The number of amides is 1. The van der Waals surface area contributed by atoms with Gasteiger partial charge in [-0.1, -0.05) is 18.7 Å². The number of benzene rings is 1. The number of hydrogen-bond donors (Lipinski definition) is 1. The minimum Gasteiger partial charge on any atom is -0.463 e. The van der Waals surface area contributed by atoms with E-state index in [1.54, 1.807) is 19.1 Å². The highest BCUT2D eigenvalue weighted by molar-refractivity contribution is 6.28. The maximum absolute atomic E-state index is 11.8. The fraction of sp³-hybridized carbons (Fsp3) is 0.267. The lowest BCUT2D eigenvalue weighted by molar-refractivity contribution is -0.124. The summed E-state index contributed by atoms with van der Waals surface area (Å²) in [7, 11) is 1.46. The number of rotatable bonds is 8. The minimum absolute atomic E-state index is 0.310. The Morgan fingerprint density at radius 1 is 1.48 bits per heavy atom. The van der Waals surface area contributed by atoms with E-state index >= 15 is 0 Å². The summed E-state index contributed by atoms with van der Waals surface area (Å²) < 4.78 is 5.36. The average Bonchev–Trinajstić information content (AvgIpc) is 2.45. The van der Waals surface area contributed by atoms with Gasteiger partial charge in [0.1, 0.15) is 18.8 Å². The van der Waals surface area contributed by atoms with Crippen LogP contribution in [0, 0.1) is 0 Å². The Hall–Kier alpha value is -2.72. The lowest BCUT2D eigenvalue weighted by Gasteiger charge is -2.11. The fourth-order valence-corrected chi connectivity index (χ4v) is 1.66. The number of hydrogen-bond acceptors (Lipinski definition) is 4. The lowest BCUT2D eigenvalue weighted by atomic mass is 10.0. The molecule has 6 heteroatoms. The van der Waals surface area contributed by atoms with Gasteiger partial charge in [-0.2, -0.15) is 0 Å². The highest BCUT2D eigenvalue weighted by Gasteiger charge is 2.20. The minimum atomic E-state index is -0.666. The van der Waals surface area contributed by atoms with E-state index in [2.05, 4.69) is 21.8 Å².